The van der Waals surface area contributed by atoms with Crippen LogP contribution in [0.25, 0.3) is 5.69 Å². The number of nitrogens with zero attached hydrogens (tertiary/aromatic N) is 2. The Morgan fingerprint density at radius 3 is 2.62 bits per heavy atom. The number of rotatable bonds is 5. The molecule has 0 unspecified atom stereocenters. The topological polar surface area (TPSA) is 64.0 Å². The first-order valence-electron chi connectivity index (χ1n) is 8.23. The summed E-state index contributed by atoms with van der Waals surface area (Å²) in [5, 5.41) is 6.88. The van der Waals surface area contributed by atoms with Gasteiger partial charge in [-0.1, -0.05) is 30.3 Å². The number of hydrogen-bond acceptors (Lipinski definition) is 3. The zero-order valence-electron chi connectivity index (χ0n) is 14.3. The lowest BCUT2D eigenvalue weighted by Gasteiger charge is -2.11. The van der Waals surface area contributed by atoms with Crippen molar-refractivity contribution in [1.29, 1.82) is 0 Å². The lowest BCUT2D eigenvalue weighted by Crippen LogP contribution is -2.33. The second-order valence-electron chi connectivity index (χ2n) is 5.88. The molecule has 0 spiro atoms. The highest BCUT2D eigenvalue weighted by Gasteiger charge is 2.14. The van der Waals surface area contributed by atoms with Crippen LogP contribution in [-0.4, -0.2) is 22.2 Å². The van der Waals surface area contributed by atoms with Crippen LogP contribution in [0.5, 0.6) is 0 Å². The van der Waals surface area contributed by atoms with Gasteiger partial charge in [-0.2, -0.15) is 5.10 Å². The maximum absolute atomic E-state index is 13.2. The number of para-hydroxylation sites is 1. The fourth-order valence-electron chi connectivity index (χ4n) is 2.63. The minimum Gasteiger partial charge on any atom is -0.350 e. The van der Waals surface area contributed by atoms with Gasteiger partial charge in [0.1, 0.15) is 5.82 Å². The van der Waals surface area contributed by atoms with Crippen LogP contribution >= 0.6 is 0 Å². The normalized spacial score (nSPS) is 10.5. The van der Waals surface area contributed by atoms with Gasteiger partial charge in [-0.15, -0.1) is 0 Å². The first-order chi connectivity index (χ1) is 12.5. The predicted octanol–water partition coefficient (Wildman–Crippen LogP) is 2.65. The van der Waals surface area contributed by atoms with Gasteiger partial charge in [-0.3, -0.25) is 9.59 Å². The average Bonchev–Trinajstić information content (AvgIpc) is 2.62. The molecule has 26 heavy (non-hydrogen) atoms. The quantitative estimate of drug-likeness (QED) is 0.769. The van der Waals surface area contributed by atoms with Gasteiger partial charge in [0.05, 0.1) is 5.69 Å². The van der Waals surface area contributed by atoms with Gasteiger partial charge in [-0.05, 0) is 43.2 Å². The Kier molecular flexibility index (Phi) is 5.22. The average molecular weight is 351 g/mol. The summed E-state index contributed by atoms with van der Waals surface area (Å²) in [6, 6.07) is 16.8. The second-order valence-corrected chi connectivity index (χ2v) is 5.88. The third-order valence-corrected chi connectivity index (χ3v) is 3.91. The van der Waals surface area contributed by atoms with Crippen LogP contribution in [0.1, 0.15) is 21.7 Å². The molecule has 0 atom stereocenters. The van der Waals surface area contributed by atoms with Crippen LogP contribution in [0.4, 0.5) is 4.39 Å². The maximum Gasteiger partial charge on any atom is 0.275 e. The molecule has 0 radical (unpaired) electrons. The molecule has 1 heterocycles. The highest BCUT2D eigenvalue weighted by molar-refractivity contribution is 5.92. The Hall–Kier alpha value is -3.28. The molecule has 0 bridgehead atoms. The largest absolute Gasteiger partial charge is 0.350 e. The summed E-state index contributed by atoms with van der Waals surface area (Å²) < 4.78 is 14.7. The van der Waals surface area contributed by atoms with Crippen LogP contribution in [0.2, 0.25) is 0 Å². The van der Waals surface area contributed by atoms with E-state index in [1.807, 2.05) is 30.3 Å². The van der Waals surface area contributed by atoms with Gasteiger partial charge in [0, 0.05) is 18.3 Å². The number of nitrogens with one attached hydrogen (secondary N) is 1. The number of aromatic nitrogens is 2. The summed E-state index contributed by atoms with van der Waals surface area (Å²) >= 11 is 0. The zero-order valence-corrected chi connectivity index (χ0v) is 14.3. The van der Waals surface area contributed by atoms with Crippen molar-refractivity contribution in [2.45, 2.75) is 13.3 Å². The highest BCUT2D eigenvalue weighted by Crippen LogP contribution is 2.08. The van der Waals surface area contributed by atoms with Gasteiger partial charge in [0.2, 0.25) is 5.43 Å². The van der Waals surface area contributed by atoms with E-state index in [0.29, 0.717) is 12.1 Å². The lowest BCUT2D eigenvalue weighted by molar-refractivity contribution is 0.0946. The molecule has 5 nitrogen and oxygen atoms in total. The SMILES string of the molecule is Cc1cc(=O)c(C(=O)NCCc2cccc(F)c2)nn1-c1ccccc1. The third kappa shape index (κ3) is 4.03. The second kappa shape index (κ2) is 7.74. The van der Waals surface area contributed by atoms with Crippen molar-refractivity contribution in [2.24, 2.45) is 0 Å². The predicted molar refractivity (Wildman–Crippen MR) is 97.0 cm³/mol. The summed E-state index contributed by atoms with van der Waals surface area (Å²) in [5.41, 5.74) is 1.57. The Bertz CT molecular complexity index is 984. The van der Waals surface area contributed by atoms with E-state index in [1.54, 1.807) is 23.7 Å². The first kappa shape index (κ1) is 17.5. The van der Waals surface area contributed by atoms with Crippen molar-refractivity contribution in [3.05, 3.63) is 93.7 Å². The van der Waals surface area contributed by atoms with Crippen molar-refractivity contribution in [3.8, 4) is 5.69 Å². The molecule has 6 heteroatoms. The molecule has 0 saturated heterocycles. The number of benzene rings is 2. The summed E-state index contributed by atoms with van der Waals surface area (Å²) in [5.74, 6) is -0.865. The summed E-state index contributed by atoms with van der Waals surface area (Å²) in [7, 11) is 0. The molecular formula is C20H18FN3O2. The fourth-order valence-corrected chi connectivity index (χ4v) is 2.63. The number of halogens is 1. The van der Waals surface area contributed by atoms with Crippen molar-refractivity contribution in [1.82, 2.24) is 15.1 Å². The molecule has 3 aromatic rings. The van der Waals surface area contributed by atoms with E-state index < -0.39 is 11.3 Å². The van der Waals surface area contributed by atoms with Crippen molar-refractivity contribution in [3.63, 3.8) is 0 Å². The zero-order chi connectivity index (χ0) is 18.5. The molecular weight excluding hydrogens is 333 g/mol. The van der Waals surface area contributed by atoms with E-state index in [9.17, 15) is 14.0 Å². The Balaban J connectivity index is 1.76. The molecule has 0 saturated carbocycles. The molecule has 3 rings (SSSR count). The van der Waals surface area contributed by atoms with E-state index in [1.165, 1.54) is 18.2 Å². The number of carbonyl (C=O) groups excluding carboxylic acids is 1. The van der Waals surface area contributed by atoms with Crippen LogP contribution in [0, 0.1) is 12.7 Å². The Labute approximate surface area is 150 Å². The van der Waals surface area contributed by atoms with Gasteiger partial charge in [0.15, 0.2) is 5.69 Å². The Morgan fingerprint density at radius 2 is 1.88 bits per heavy atom. The van der Waals surface area contributed by atoms with E-state index in [2.05, 4.69) is 10.4 Å². The molecule has 1 aromatic heterocycles. The van der Waals surface area contributed by atoms with Crippen molar-refractivity contribution >= 4 is 5.91 Å². The van der Waals surface area contributed by atoms with E-state index >= 15 is 0 Å². The monoisotopic (exact) mass is 351 g/mol. The number of amides is 1. The molecule has 0 aliphatic rings. The lowest BCUT2D eigenvalue weighted by atomic mass is 10.1. The summed E-state index contributed by atoms with van der Waals surface area (Å²) in [4.78, 5) is 24.5. The molecule has 1 N–H and O–H groups in total. The summed E-state index contributed by atoms with van der Waals surface area (Å²) in [6.45, 7) is 2.04. The van der Waals surface area contributed by atoms with E-state index in [4.69, 9.17) is 0 Å². The standard InChI is InChI=1S/C20H18FN3O2/c1-14-12-18(25)19(23-24(14)17-8-3-2-4-9-17)20(26)22-11-10-15-6-5-7-16(21)13-15/h2-9,12-13H,10-11H2,1H3,(H,22,26). The molecule has 1 amide bonds. The third-order valence-electron chi connectivity index (χ3n) is 3.91. The van der Waals surface area contributed by atoms with Gasteiger partial charge in [0.25, 0.3) is 5.91 Å². The van der Waals surface area contributed by atoms with Crippen molar-refractivity contribution < 1.29 is 9.18 Å². The smallest absolute Gasteiger partial charge is 0.275 e. The minimum atomic E-state index is -0.545. The number of hydrogen-bond donors (Lipinski definition) is 1. The van der Waals surface area contributed by atoms with Gasteiger partial charge < -0.3 is 5.32 Å². The van der Waals surface area contributed by atoms with Gasteiger partial charge in [-0.25, -0.2) is 9.07 Å². The summed E-state index contributed by atoms with van der Waals surface area (Å²) in [6.07, 6.45) is 0.461. The van der Waals surface area contributed by atoms with E-state index in [-0.39, 0.29) is 18.1 Å². The van der Waals surface area contributed by atoms with Crippen LogP contribution in [-0.2, 0) is 6.42 Å². The number of carbonyl (C=O) groups is 1. The van der Waals surface area contributed by atoms with Gasteiger partial charge >= 0.3 is 0 Å². The molecule has 0 fully saturated rings. The molecule has 2 aromatic carbocycles. The van der Waals surface area contributed by atoms with E-state index in [0.717, 1.165) is 11.3 Å². The molecule has 132 valence electrons. The van der Waals surface area contributed by atoms with Crippen LogP contribution in [0.3, 0.4) is 0 Å². The first-order valence-corrected chi connectivity index (χ1v) is 8.23. The van der Waals surface area contributed by atoms with Crippen LogP contribution < -0.4 is 10.7 Å². The van der Waals surface area contributed by atoms with Crippen molar-refractivity contribution in [2.75, 3.05) is 6.54 Å². The fraction of sp³-hybridized carbons (Fsp3) is 0.150. The molecule has 0 aliphatic carbocycles. The number of aryl methyl sites for hydroxylation is 1. The Morgan fingerprint density at radius 1 is 1.12 bits per heavy atom. The molecule has 0 aliphatic heterocycles. The minimum absolute atomic E-state index is 0.168. The highest BCUT2D eigenvalue weighted by atomic mass is 19.1. The van der Waals surface area contributed by atoms with Crippen LogP contribution in [0.15, 0.2) is 65.5 Å². The maximum atomic E-state index is 13.2.